The fourth-order valence-electron chi connectivity index (χ4n) is 2.17. The van der Waals surface area contributed by atoms with Crippen molar-refractivity contribution in [2.45, 2.75) is 0 Å². The molecular formula is C14H10FO4P. The van der Waals surface area contributed by atoms with Gasteiger partial charge in [0.2, 0.25) is 0 Å². The maximum Gasteiger partial charge on any atom is 0.524 e. The smallest absolute Gasteiger partial charge is 0.400 e. The molecular weight excluding hydrogens is 282 g/mol. The fraction of sp³-hybridized carbons (Fsp3) is 0. The van der Waals surface area contributed by atoms with E-state index in [1.54, 1.807) is 12.1 Å². The summed E-state index contributed by atoms with van der Waals surface area (Å²) < 4.78 is 29.2. The van der Waals surface area contributed by atoms with Crippen LogP contribution in [0.25, 0.3) is 21.5 Å². The van der Waals surface area contributed by atoms with Gasteiger partial charge >= 0.3 is 7.82 Å². The third kappa shape index (κ3) is 2.39. The largest absolute Gasteiger partial charge is 0.524 e. The van der Waals surface area contributed by atoms with Crippen molar-refractivity contribution in [2.24, 2.45) is 0 Å². The Bertz CT molecular complexity index is 856. The van der Waals surface area contributed by atoms with Crippen LogP contribution in [0, 0.1) is 5.82 Å². The highest BCUT2D eigenvalue weighted by Gasteiger charge is 2.21. The van der Waals surface area contributed by atoms with Gasteiger partial charge in [-0.15, -0.1) is 0 Å². The van der Waals surface area contributed by atoms with Crippen molar-refractivity contribution in [1.82, 2.24) is 0 Å². The zero-order valence-corrected chi connectivity index (χ0v) is 11.0. The Labute approximate surface area is 113 Å². The van der Waals surface area contributed by atoms with Crippen molar-refractivity contribution in [2.75, 3.05) is 0 Å². The zero-order chi connectivity index (χ0) is 14.3. The molecule has 0 aliphatic carbocycles. The number of phosphoric acid groups is 1. The van der Waals surface area contributed by atoms with Gasteiger partial charge in [-0.1, -0.05) is 30.3 Å². The lowest BCUT2D eigenvalue weighted by Gasteiger charge is -2.11. The minimum Gasteiger partial charge on any atom is -0.400 e. The van der Waals surface area contributed by atoms with Crippen LogP contribution < -0.4 is 4.52 Å². The molecule has 0 heterocycles. The molecule has 3 aromatic rings. The summed E-state index contributed by atoms with van der Waals surface area (Å²) in [5, 5.41) is 2.76. The second kappa shape index (κ2) is 4.56. The van der Waals surface area contributed by atoms with E-state index in [4.69, 9.17) is 9.79 Å². The van der Waals surface area contributed by atoms with Gasteiger partial charge in [0.1, 0.15) is 0 Å². The Morgan fingerprint density at radius 1 is 0.950 bits per heavy atom. The van der Waals surface area contributed by atoms with Crippen molar-refractivity contribution >= 4 is 29.4 Å². The third-order valence-electron chi connectivity index (χ3n) is 3.00. The Hall–Kier alpha value is -1.94. The average molecular weight is 292 g/mol. The zero-order valence-electron chi connectivity index (χ0n) is 10.2. The van der Waals surface area contributed by atoms with Gasteiger partial charge in [0, 0.05) is 5.39 Å². The lowest BCUT2D eigenvalue weighted by molar-refractivity contribution is 0.279. The minimum absolute atomic E-state index is 0.326. The van der Waals surface area contributed by atoms with E-state index >= 15 is 0 Å². The van der Waals surface area contributed by atoms with Gasteiger partial charge < -0.3 is 4.52 Å². The Balaban J connectivity index is 2.34. The van der Waals surface area contributed by atoms with Crippen LogP contribution in [0.2, 0.25) is 0 Å². The molecule has 0 atom stereocenters. The Morgan fingerprint density at radius 2 is 1.60 bits per heavy atom. The molecule has 0 aromatic heterocycles. The van der Waals surface area contributed by atoms with E-state index in [0.717, 1.165) is 16.8 Å². The Kier molecular flexibility index (Phi) is 2.98. The first-order valence-electron chi connectivity index (χ1n) is 5.80. The van der Waals surface area contributed by atoms with E-state index in [1.165, 1.54) is 0 Å². The van der Waals surface area contributed by atoms with Crippen molar-refractivity contribution in [3.8, 4) is 5.75 Å². The maximum atomic E-state index is 13.8. The van der Waals surface area contributed by atoms with Crippen molar-refractivity contribution in [3.05, 3.63) is 54.3 Å². The number of hydrogen-bond acceptors (Lipinski definition) is 2. The molecule has 0 spiro atoms. The predicted molar refractivity (Wildman–Crippen MR) is 74.1 cm³/mol. The average Bonchev–Trinajstić information content (AvgIpc) is 2.39. The van der Waals surface area contributed by atoms with E-state index in [1.807, 2.05) is 30.3 Å². The van der Waals surface area contributed by atoms with Crippen molar-refractivity contribution in [1.29, 1.82) is 0 Å². The number of halogens is 1. The number of fused-ring (bicyclic) bond motifs is 2. The van der Waals surface area contributed by atoms with Gasteiger partial charge in [0.05, 0.1) is 0 Å². The number of benzene rings is 3. The molecule has 0 saturated carbocycles. The Morgan fingerprint density at radius 3 is 2.25 bits per heavy atom. The van der Waals surface area contributed by atoms with E-state index in [9.17, 15) is 8.96 Å². The van der Waals surface area contributed by atoms with Gasteiger partial charge in [-0.2, -0.15) is 0 Å². The number of phosphoric ester groups is 1. The third-order valence-corrected chi connectivity index (χ3v) is 3.42. The first kappa shape index (κ1) is 13.1. The molecule has 0 radical (unpaired) electrons. The molecule has 0 unspecified atom stereocenters. The first-order chi connectivity index (χ1) is 9.44. The highest BCUT2D eigenvalue weighted by Crippen LogP contribution is 2.42. The summed E-state index contributed by atoms with van der Waals surface area (Å²) in [6.07, 6.45) is 0. The maximum absolute atomic E-state index is 13.8. The quantitative estimate of drug-likeness (QED) is 0.559. The monoisotopic (exact) mass is 292 g/mol. The molecule has 20 heavy (non-hydrogen) atoms. The van der Waals surface area contributed by atoms with Crippen LogP contribution in [0.3, 0.4) is 0 Å². The normalized spacial score (nSPS) is 11.9. The molecule has 102 valence electrons. The molecule has 4 nitrogen and oxygen atoms in total. The highest BCUT2D eigenvalue weighted by atomic mass is 31.2. The number of rotatable bonds is 2. The van der Waals surface area contributed by atoms with Gasteiger partial charge in [-0.3, -0.25) is 9.79 Å². The molecule has 2 N–H and O–H groups in total. The topological polar surface area (TPSA) is 66.8 Å². The van der Waals surface area contributed by atoms with E-state index in [-0.39, 0.29) is 0 Å². The fourth-order valence-corrected chi connectivity index (χ4v) is 2.59. The lowest BCUT2D eigenvalue weighted by atomic mass is 10.0. The van der Waals surface area contributed by atoms with E-state index in [2.05, 4.69) is 4.52 Å². The van der Waals surface area contributed by atoms with Gasteiger partial charge in [-0.05, 0) is 34.4 Å². The lowest BCUT2D eigenvalue weighted by Crippen LogP contribution is -1.94. The summed E-state index contributed by atoms with van der Waals surface area (Å²) in [4.78, 5) is 17.8. The van der Waals surface area contributed by atoms with Crippen LogP contribution in [-0.2, 0) is 4.57 Å². The molecule has 0 aliphatic rings. The van der Waals surface area contributed by atoms with Crippen LogP contribution in [0.4, 0.5) is 4.39 Å². The summed E-state index contributed by atoms with van der Waals surface area (Å²) in [7, 11) is -4.82. The second-order valence-corrected chi connectivity index (χ2v) is 5.54. The van der Waals surface area contributed by atoms with E-state index < -0.39 is 19.4 Å². The summed E-state index contributed by atoms with van der Waals surface area (Å²) in [5.74, 6) is -1.24. The van der Waals surface area contributed by atoms with E-state index in [0.29, 0.717) is 10.8 Å². The van der Waals surface area contributed by atoms with Crippen molar-refractivity contribution < 1.29 is 23.3 Å². The van der Waals surface area contributed by atoms with Gasteiger partial charge in [0.15, 0.2) is 11.6 Å². The molecule has 0 amide bonds. The highest BCUT2D eigenvalue weighted by molar-refractivity contribution is 7.46. The van der Waals surface area contributed by atoms with Crippen LogP contribution in [0.15, 0.2) is 48.5 Å². The second-order valence-electron chi connectivity index (χ2n) is 4.38. The molecule has 3 aromatic carbocycles. The molecule has 0 saturated heterocycles. The molecule has 0 bridgehead atoms. The van der Waals surface area contributed by atoms with Crippen molar-refractivity contribution in [3.63, 3.8) is 0 Å². The molecule has 3 rings (SSSR count). The molecule has 6 heteroatoms. The van der Waals surface area contributed by atoms with Gasteiger partial charge in [-0.25, -0.2) is 8.96 Å². The van der Waals surface area contributed by atoms with Crippen LogP contribution in [0.5, 0.6) is 5.75 Å². The number of hydrogen-bond donors (Lipinski definition) is 2. The minimum atomic E-state index is -4.82. The predicted octanol–water partition coefficient (Wildman–Crippen LogP) is 3.60. The van der Waals surface area contributed by atoms with Crippen LogP contribution in [-0.4, -0.2) is 9.79 Å². The standard InChI is InChI=1S/C14H10FO4P/c15-13-6-5-11-7-9-3-1-2-4-10(9)8-12(11)14(13)19-20(16,17)18/h1-8H,(H2,16,17,18). The SMILES string of the molecule is O=P(O)(O)Oc1c(F)ccc2cc3ccccc3cc12. The molecule has 0 fully saturated rings. The summed E-state index contributed by atoms with van der Waals surface area (Å²) >= 11 is 0. The first-order valence-corrected chi connectivity index (χ1v) is 7.33. The van der Waals surface area contributed by atoms with Crippen LogP contribution in [0.1, 0.15) is 0 Å². The summed E-state index contributed by atoms with van der Waals surface area (Å²) in [6.45, 7) is 0. The van der Waals surface area contributed by atoms with Crippen LogP contribution >= 0.6 is 7.82 Å². The summed E-state index contributed by atoms with van der Waals surface area (Å²) in [5.41, 5.74) is 0. The van der Waals surface area contributed by atoms with Gasteiger partial charge in [0.25, 0.3) is 0 Å². The summed E-state index contributed by atoms with van der Waals surface area (Å²) in [6, 6.07) is 13.6. The molecule has 0 aliphatic heterocycles.